The van der Waals surface area contributed by atoms with Crippen LogP contribution in [0, 0.1) is 18.3 Å². The zero-order valence-electron chi connectivity index (χ0n) is 17.5. The van der Waals surface area contributed by atoms with E-state index in [1.165, 1.54) is 34.8 Å². The molecule has 0 fully saturated rings. The molecule has 1 aliphatic rings. The van der Waals surface area contributed by atoms with E-state index >= 15 is 0 Å². The summed E-state index contributed by atoms with van der Waals surface area (Å²) in [4.78, 5) is 0. The van der Waals surface area contributed by atoms with Crippen LogP contribution in [0.1, 0.15) is 27.5 Å². The van der Waals surface area contributed by atoms with Crippen LogP contribution in [0.2, 0.25) is 0 Å². The molecule has 0 radical (unpaired) electrons. The Labute approximate surface area is 186 Å². The van der Waals surface area contributed by atoms with E-state index in [-0.39, 0.29) is 14.5 Å². The molecule has 3 aromatic heterocycles. The number of nitrogens with zero attached hydrogens (tertiary/aromatic N) is 2. The Bertz CT molecular complexity index is 1530. The molecule has 3 nitrogen and oxygen atoms in total. The van der Waals surface area contributed by atoms with Crippen molar-refractivity contribution in [3.05, 3.63) is 75.9 Å². The van der Waals surface area contributed by atoms with Gasteiger partial charge >= 0.3 is 187 Å². The van der Waals surface area contributed by atoms with Crippen molar-refractivity contribution in [1.82, 2.24) is 0 Å². The second kappa shape index (κ2) is 6.95. The number of benzene rings is 2. The van der Waals surface area contributed by atoms with Crippen molar-refractivity contribution >= 4 is 36.4 Å². The van der Waals surface area contributed by atoms with Gasteiger partial charge in [0.1, 0.15) is 0 Å². The monoisotopic (exact) mass is 469 g/mol. The van der Waals surface area contributed by atoms with Crippen LogP contribution < -0.4 is 4.57 Å². The van der Waals surface area contributed by atoms with Crippen molar-refractivity contribution in [1.29, 1.82) is 5.26 Å². The Morgan fingerprint density at radius 1 is 1.00 bits per heavy atom. The van der Waals surface area contributed by atoms with Gasteiger partial charge in [0.05, 0.1) is 0 Å². The van der Waals surface area contributed by atoms with Crippen LogP contribution in [0.25, 0.3) is 43.2 Å². The third-order valence-electron chi connectivity index (χ3n) is 6.44. The second-order valence-corrected chi connectivity index (χ2v) is 10.7. The summed E-state index contributed by atoms with van der Waals surface area (Å²) in [5, 5.41) is 12.1. The summed E-state index contributed by atoms with van der Waals surface area (Å²) in [6, 6.07) is 19.4. The molecule has 6 rings (SSSR count). The summed E-state index contributed by atoms with van der Waals surface area (Å²) >= 11 is 0.287. The van der Waals surface area contributed by atoms with Crippen molar-refractivity contribution in [2.24, 2.45) is 7.05 Å². The molecule has 0 unspecified atom stereocenters. The molecule has 31 heavy (non-hydrogen) atoms. The van der Waals surface area contributed by atoms with E-state index in [4.69, 9.17) is 4.42 Å². The molecule has 0 saturated carbocycles. The number of aromatic nitrogens is 1. The summed E-state index contributed by atoms with van der Waals surface area (Å²) in [6.45, 7) is 2.13. The minimum absolute atomic E-state index is 0.287. The fraction of sp³-hybridized carbons (Fsp3) is 0.185. The number of furan rings is 1. The molecule has 0 aliphatic heterocycles. The van der Waals surface area contributed by atoms with Crippen molar-refractivity contribution in [2.75, 3.05) is 0 Å². The first-order valence-corrected chi connectivity index (χ1v) is 12.3. The molecule has 4 heteroatoms. The minimum atomic E-state index is 0.287. The number of aryl methyl sites for hydroxylation is 4. The van der Waals surface area contributed by atoms with Gasteiger partial charge in [-0.05, 0) is 0 Å². The fourth-order valence-corrected chi connectivity index (χ4v) is 7.64. The molecule has 3 heterocycles. The number of rotatable bonds is 2. The van der Waals surface area contributed by atoms with E-state index in [0.29, 0.717) is 5.56 Å². The Balaban J connectivity index is 1.71. The van der Waals surface area contributed by atoms with Crippen LogP contribution in [0.15, 0.2) is 59.1 Å². The Morgan fingerprint density at radius 2 is 1.81 bits per heavy atom. The maximum absolute atomic E-state index is 9.90. The summed E-state index contributed by atoms with van der Waals surface area (Å²) in [5.74, 6) is 0. The second-order valence-electron chi connectivity index (χ2n) is 8.32. The zero-order valence-corrected chi connectivity index (χ0v) is 19.2. The average Bonchev–Trinajstić information content (AvgIpc) is 3.46. The van der Waals surface area contributed by atoms with Crippen molar-refractivity contribution in [2.45, 2.75) is 26.2 Å². The van der Waals surface area contributed by atoms with Gasteiger partial charge in [-0.25, -0.2) is 0 Å². The predicted molar refractivity (Wildman–Crippen MR) is 124 cm³/mol. The van der Waals surface area contributed by atoms with Crippen LogP contribution in [-0.2, 0) is 19.9 Å². The van der Waals surface area contributed by atoms with Crippen LogP contribution in [-0.4, -0.2) is 14.5 Å². The maximum atomic E-state index is 9.90. The van der Waals surface area contributed by atoms with Crippen molar-refractivity contribution in [3.8, 4) is 27.3 Å². The van der Waals surface area contributed by atoms with E-state index in [1.54, 1.807) is 4.44 Å². The first kappa shape index (κ1) is 18.6. The van der Waals surface area contributed by atoms with Gasteiger partial charge in [0.25, 0.3) is 0 Å². The summed E-state index contributed by atoms with van der Waals surface area (Å²) in [6.07, 6.45) is 5.72. The average molecular weight is 468 g/mol. The molecule has 0 atom stereocenters. The van der Waals surface area contributed by atoms with Crippen molar-refractivity contribution in [3.63, 3.8) is 0 Å². The molecule has 1 aliphatic carbocycles. The third-order valence-corrected chi connectivity index (χ3v) is 9.07. The van der Waals surface area contributed by atoms with Gasteiger partial charge in [0, 0.05) is 0 Å². The predicted octanol–water partition coefficient (Wildman–Crippen LogP) is 5.47. The molecule has 5 aromatic rings. The van der Waals surface area contributed by atoms with E-state index in [0.717, 1.165) is 38.8 Å². The van der Waals surface area contributed by atoms with E-state index in [1.807, 2.05) is 12.1 Å². The van der Waals surface area contributed by atoms with E-state index in [2.05, 4.69) is 67.2 Å². The molecule has 0 bridgehead atoms. The summed E-state index contributed by atoms with van der Waals surface area (Å²) in [7, 11) is 2.06. The van der Waals surface area contributed by atoms with Gasteiger partial charge in [-0.2, -0.15) is 0 Å². The number of fused-ring (bicyclic) bond motifs is 4. The van der Waals surface area contributed by atoms with Gasteiger partial charge in [-0.3, -0.25) is 0 Å². The van der Waals surface area contributed by atoms with Gasteiger partial charge in [0.15, 0.2) is 0 Å². The summed E-state index contributed by atoms with van der Waals surface area (Å²) in [5.41, 5.74) is 8.40. The molecule has 0 saturated heterocycles. The van der Waals surface area contributed by atoms with Crippen LogP contribution in [0.3, 0.4) is 0 Å². The number of hydrogen-bond acceptors (Lipinski definition) is 2. The SMILES string of the molecule is Cc1ccc2c(oc3c(-c4cc5c([se]4)CCC5)c(C#N)ccc32)c1-c1cccc[n+]1C. The number of pyridine rings is 1. The van der Waals surface area contributed by atoms with Crippen LogP contribution in [0.5, 0.6) is 0 Å². The first-order chi connectivity index (χ1) is 15.2. The Kier molecular flexibility index (Phi) is 4.18. The van der Waals surface area contributed by atoms with Crippen LogP contribution >= 0.6 is 0 Å². The van der Waals surface area contributed by atoms with E-state index in [9.17, 15) is 5.26 Å². The van der Waals surface area contributed by atoms with Gasteiger partial charge < -0.3 is 0 Å². The molecular weight excluding hydrogens is 447 g/mol. The third kappa shape index (κ3) is 2.74. The Hall–Kier alpha value is -3.12. The van der Waals surface area contributed by atoms with Crippen LogP contribution in [0.4, 0.5) is 0 Å². The molecular formula is C27H21N2OSe+. The van der Waals surface area contributed by atoms with Gasteiger partial charge in [-0.1, -0.05) is 0 Å². The molecule has 0 amide bonds. The summed E-state index contributed by atoms with van der Waals surface area (Å²) < 4.78 is 11.7. The zero-order chi connectivity index (χ0) is 21.1. The quantitative estimate of drug-likeness (QED) is 0.255. The molecule has 150 valence electrons. The first-order valence-electron chi connectivity index (χ1n) is 10.6. The normalized spacial score (nSPS) is 13.1. The number of hydrogen-bond donors (Lipinski definition) is 0. The Morgan fingerprint density at radius 3 is 2.58 bits per heavy atom. The molecule has 0 N–H and O–H groups in total. The number of nitriles is 1. The van der Waals surface area contributed by atoms with Gasteiger partial charge in [-0.15, -0.1) is 0 Å². The van der Waals surface area contributed by atoms with E-state index < -0.39 is 0 Å². The standard InChI is InChI=1S/C27H21N2OSe/c1-16-9-11-19-20-12-10-18(15-28)25(23-14-17-6-5-8-22(17)31-23)27(20)30-26(19)24(16)21-7-3-4-13-29(21)2/h3-4,7,9-14H,5-6,8H2,1-2H3/q+1. The molecule has 2 aromatic carbocycles. The van der Waals surface area contributed by atoms with Gasteiger partial charge in [0.2, 0.25) is 0 Å². The van der Waals surface area contributed by atoms with Crippen molar-refractivity contribution < 1.29 is 8.98 Å². The molecule has 0 spiro atoms. The topological polar surface area (TPSA) is 40.8 Å². The fourth-order valence-electron chi connectivity index (χ4n) is 4.89.